The van der Waals surface area contributed by atoms with Crippen LogP contribution >= 0.6 is 0 Å². The van der Waals surface area contributed by atoms with E-state index < -0.39 is 0 Å². The molecule has 3 heterocycles. The van der Waals surface area contributed by atoms with Gasteiger partial charge in [0.15, 0.2) is 0 Å². The minimum Gasteiger partial charge on any atom is -0.391 e. The average Bonchev–Trinajstić information content (AvgIpc) is 2.41. The fourth-order valence-corrected chi connectivity index (χ4v) is 3.01. The number of benzene rings is 1. The van der Waals surface area contributed by atoms with Crippen LogP contribution in [0.3, 0.4) is 0 Å². The second kappa shape index (κ2) is 4.77. The molecule has 3 heteroatoms. The van der Waals surface area contributed by atoms with Gasteiger partial charge in [-0.05, 0) is 12.0 Å². The smallest absolute Gasteiger partial charge is 0.0748 e. The van der Waals surface area contributed by atoms with Crippen LogP contribution in [0.2, 0.25) is 0 Å². The quantitative estimate of drug-likeness (QED) is 0.826. The van der Waals surface area contributed by atoms with Crippen LogP contribution in [0.5, 0.6) is 0 Å². The fourth-order valence-electron chi connectivity index (χ4n) is 3.01. The molecule has 2 bridgehead atoms. The summed E-state index contributed by atoms with van der Waals surface area (Å²) in [6, 6.07) is 10.6. The zero-order valence-electron chi connectivity index (χ0n) is 10.1. The van der Waals surface area contributed by atoms with Crippen LogP contribution in [0, 0.1) is 0 Å². The van der Waals surface area contributed by atoms with E-state index >= 15 is 0 Å². The summed E-state index contributed by atoms with van der Waals surface area (Å²) >= 11 is 0. The molecule has 0 amide bonds. The normalized spacial score (nSPS) is 33.6. The first-order valence-electron chi connectivity index (χ1n) is 6.51. The Morgan fingerprint density at radius 1 is 1.12 bits per heavy atom. The Bertz CT molecular complexity index is 360. The Labute approximate surface area is 103 Å². The lowest BCUT2D eigenvalue weighted by Gasteiger charge is -2.49. The van der Waals surface area contributed by atoms with Gasteiger partial charge in [0.25, 0.3) is 0 Å². The summed E-state index contributed by atoms with van der Waals surface area (Å²) in [6.45, 7) is 5.63. The number of nitrogens with zero attached hydrogens (tertiary/aromatic N) is 2. The van der Waals surface area contributed by atoms with Gasteiger partial charge >= 0.3 is 0 Å². The summed E-state index contributed by atoms with van der Waals surface area (Å²) in [5.41, 5.74) is 1.23. The van der Waals surface area contributed by atoms with Gasteiger partial charge in [0.2, 0.25) is 0 Å². The van der Waals surface area contributed by atoms with Gasteiger partial charge in [-0.15, -0.1) is 0 Å². The molecule has 3 aliphatic heterocycles. The molecule has 92 valence electrons. The van der Waals surface area contributed by atoms with E-state index in [2.05, 4.69) is 21.9 Å². The first-order valence-corrected chi connectivity index (χ1v) is 6.51. The molecule has 0 aromatic heterocycles. The molecule has 0 saturated carbocycles. The summed E-state index contributed by atoms with van der Waals surface area (Å²) in [7, 11) is 0. The molecule has 4 rings (SSSR count). The number of fused-ring (bicyclic) bond motifs is 3. The minimum atomic E-state index is -0.236. The highest BCUT2D eigenvalue weighted by molar-refractivity contribution is 5.16. The second-order valence-corrected chi connectivity index (χ2v) is 5.16. The van der Waals surface area contributed by atoms with Crippen LogP contribution in [-0.4, -0.2) is 59.8 Å². The highest BCUT2D eigenvalue weighted by Gasteiger charge is 2.35. The van der Waals surface area contributed by atoms with Crippen LogP contribution in [0.15, 0.2) is 30.3 Å². The van der Waals surface area contributed by atoms with Crippen molar-refractivity contribution in [1.29, 1.82) is 0 Å². The average molecular weight is 232 g/mol. The van der Waals surface area contributed by atoms with E-state index in [0.717, 1.165) is 26.1 Å². The first-order chi connectivity index (χ1) is 8.33. The van der Waals surface area contributed by atoms with Crippen molar-refractivity contribution >= 4 is 0 Å². The topological polar surface area (TPSA) is 26.7 Å². The molecule has 2 atom stereocenters. The lowest BCUT2D eigenvalue weighted by molar-refractivity contribution is -0.0453. The summed E-state index contributed by atoms with van der Waals surface area (Å²) in [4.78, 5) is 4.92. The second-order valence-electron chi connectivity index (χ2n) is 5.16. The van der Waals surface area contributed by atoms with Crippen LogP contribution in [0.25, 0.3) is 0 Å². The van der Waals surface area contributed by atoms with Gasteiger partial charge in [-0.1, -0.05) is 30.3 Å². The summed E-state index contributed by atoms with van der Waals surface area (Å²) in [5.74, 6) is 0. The van der Waals surface area contributed by atoms with Gasteiger partial charge in [-0.3, -0.25) is 9.80 Å². The van der Waals surface area contributed by atoms with Crippen molar-refractivity contribution in [3.63, 3.8) is 0 Å². The van der Waals surface area contributed by atoms with Crippen molar-refractivity contribution in [1.82, 2.24) is 9.80 Å². The number of hydrogen-bond donors (Lipinski definition) is 1. The number of aliphatic hydroxyl groups excluding tert-OH is 1. The molecule has 17 heavy (non-hydrogen) atoms. The Morgan fingerprint density at radius 3 is 2.41 bits per heavy atom. The van der Waals surface area contributed by atoms with Crippen LogP contribution in [0.4, 0.5) is 0 Å². The van der Waals surface area contributed by atoms with Crippen molar-refractivity contribution in [3.05, 3.63) is 35.9 Å². The van der Waals surface area contributed by atoms with Crippen LogP contribution in [0.1, 0.15) is 5.56 Å². The summed E-state index contributed by atoms with van der Waals surface area (Å²) in [6.07, 6.45) is 0.538. The molecule has 3 nitrogen and oxygen atoms in total. The van der Waals surface area contributed by atoms with Crippen molar-refractivity contribution in [2.75, 3.05) is 32.7 Å². The van der Waals surface area contributed by atoms with Crippen molar-refractivity contribution in [2.45, 2.75) is 18.6 Å². The molecular weight excluding hydrogens is 212 g/mol. The molecule has 3 aliphatic rings. The first kappa shape index (κ1) is 11.2. The van der Waals surface area contributed by atoms with Crippen molar-refractivity contribution < 1.29 is 5.11 Å². The zero-order chi connectivity index (χ0) is 11.7. The van der Waals surface area contributed by atoms with E-state index in [9.17, 15) is 5.11 Å². The predicted molar refractivity (Wildman–Crippen MR) is 68.0 cm³/mol. The van der Waals surface area contributed by atoms with Crippen LogP contribution < -0.4 is 0 Å². The lowest BCUT2D eigenvalue weighted by atomic mass is 9.97. The van der Waals surface area contributed by atoms with Crippen molar-refractivity contribution in [2.24, 2.45) is 0 Å². The minimum absolute atomic E-state index is 0.236. The number of piperazine rings is 3. The van der Waals surface area contributed by atoms with Gasteiger partial charge in [-0.2, -0.15) is 0 Å². The molecule has 0 spiro atoms. The number of rotatable bonds is 3. The highest BCUT2D eigenvalue weighted by atomic mass is 16.3. The van der Waals surface area contributed by atoms with E-state index in [-0.39, 0.29) is 6.10 Å². The fraction of sp³-hybridized carbons (Fsp3) is 0.571. The van der Waals surface area contributed by atoms with Gasteiger partial charge < -0.3 is 5.11 Å². The zero-order valence-corrected chi connectivity index (χ0v) is 10.1. The van der Waals surface area contributed by atoms with E-state index in [4.69, 9.17) is 0 Å². The van der Waals surface area contributed by atoms with Gasteiger partial charge in [0, 0.05) is 38.8 Å². The Kier molecular flexibility index (Phi) is 3.14. The highest BCUT2D eigenvalue weighted by Crippen LogP contribution is 2.20. The maximum atomic E-state index is 10.4. The molecule has 0 aliphatic carbocycles. The maximum absolute atomic E-state index is 10.4. The summed E-state index contributed by atoms with van der Waals surface area (Å²) in [5, 5.41) is 10.4. The Balaban J connectivity index is 1.64. The Hall–Kier alpha value is -0.900. The predicted octanol–water partition coefficient (Wildman–Crippen LogP) is 0.590. The molecule has 2 unspecified atom stereocenters. The van der Waals surface area contributed by atoms with Gasteiger partial charge in [0.05, 0.1) is 6.10 Å². The summed E-state index contributed by atoms with van der Waals surface area (Å²) < 4.78 is 0. The Morgan fingerprint density at radius 2 is 1.82 bits per heavy atom. The number of hydrogen-bond acceptors (Lipinski definition) is 3. The van der Waals surface area contributed by atoms with Gasteiger partial charge in [-0.25, -0.2) is 0 Å². The van der Waals surface area contributed by atoms with E-state index in [1.54, 1.807) is 0 Å². The SMILES string of the molecule is OC(Cc1ccccc1)C1CN2CCN1CC2. The molecular formula is C14H20N2O. The van der Waals surface area contributed by atoms with E-state index in [1.165, 1.54) is 18.7 Å². The number of aliphatic hydroxyl groups is 1. The third-order valence-corrected chi connectivity index (χ3v) is 4.05. The molecule has 1 aromatic rings. The third kappa shape index (κ3) is 2.37. The van der Waals surface area contributed by atoms with Crippen LogP contribution in [-0.2, 0) is 6.42 Å². The van der Waals surface area contributed by atoms with E-state index in [1.807, 2.05) is 18.2 Å². The maximum Gasteiger partial charge on any atom is 0.0748 e. The molecule has 3 saturated heterocycles. The molecule has 1 aromatic carbocycles. The molecule has 0 radical (unpaired) electrons. The third-order valence-electron chi connectivity index (χ3n) is 4.05. The monoisotopic (exact) mass is 232 g/mol. The molecule has 3 fully saturated rings. The van der Waals surface area contributed by atoms with E-state index in [0.29, 0.717) is 6.04 Å². The lowest BCUT2D eigenvalue weighted by Crippen LogP contribution is -2.64. The molecule has 1 N–H and O–H groups in total. The standard InChI is InChI=1S/C14H20N2O/c17-14(10-12-4-2-1-3-5-12)13-11-15-6-8-16(13)9-7-15/h1-5,13-14,17H,6-11H2. The van der Waals surface area contributed by atoms with Gasteiger partial charge in [0.1, 0.15) is 0 Å². The largest absolute Gasteiger partial charge is 0.391 e. The van der Waals surface area contributed by atoms with Crippen molar-refractivity contribution in [3.8, 4) is 0 Å².